The molecule has 0 spiro atoms. The molecule has 0 unspecified atom stereocenters. The van der Waals surface area contributed by atoms with Gasteiger partial charge in [-0.25, -0.2) is 8.78 Å². The van der Waals surface area contributed by atoms with Crippen LogP contribution in [0.5, 0.6) is 0 Å². The fraction of sp³-hybridized carbons (Fsp3) is 0.538. The van der Waals surface area contributed by atoms with Crippen LogP contribution in [-0.2, 0) is 6.42 Å². The lowest BCUT2D eigenvalue weighted by Crippen LogP contribution is -2.17. The minimum atomic E-state index is -0.770. The van der Waals surface area contributed by atoms with E-state index < -0.39 is 11.6 Å². The molecule has 0 fully saturated rings. The van der Waals surface area contributed by atoms with Crippen molar-refractivity contribution in [1.29, 1.82) is 0 Å². The van der Waals surface area contributed by atoms with Crippen molar-refractivity contribution in [2.45, 2.75) is 40.0 Å². The second-order valence-electron chi connectivity index (χ2n) is 4.44. The van der Waals surface area contributed by atoms with Crippen LogP contribution in [0.25, 0.3) is 0 Å². The van der Waals surface area contributed by atoms with E-state index in [-0.39, 0.29) is 5.41 Å². The maximum absolute atomic E-state index is 13.0. The van der Waals surface area contributed by atoms with Crippen LogP contribution >= 0.6 is 0 Å². The molecule has 0 aliphatic rings. The van der Waals surface area contributed by atoms with Crippen molar-refractivity contribution >= 4 is 0 Å². The Bertz CT molecular complexity index is 327. The topological polar surface area (TPSA) is 0 Å². The molecule has 0 heterocycles. The van der Waals surface area contributed by atoms with E-state index in [0.29, 0.717) is 0 Å². The normalized spacial score (nSPS) is 11.8. The Morgan fingerprint density at radius 3 is 2.13 bits per heavy atom. The first-order chi connectivity index (χ1) is 7.00. The van der Waals surface area contributed by atoms with Gasteiger partial charge in [-0.05, 0) is 29.5 Å². The van der Waals surface area contributed by atoms with Gasteiger partial charge in [0.25, 0.3) is 0 Å². The Morgan fingerprint density at radius 2 is 1.67 bits per heavy atom. The summed E-state index contributed by atoms with van der Waals surface area (Å²) in [5.74, 6) is -1.52. The van der Waals surface area contributed by atoms with Crippen LogP contribution in [0.1, 0.15) is 39.2 Å². The van der Waals surface area contributed by atoms with Crippen molar-refractivity contribution < 1.29 is 8.78 Å². The van der Waals surface area contributed by atoms with Crippen molar-refractivity contribution in [1.82, 2.24) is 0 Å². The molecular weight excluding hydrogens is 194 g/mol. The molecule has 0 amide bonds. The minimum absolute atomic E-state index is 0.185. The predicted molar refractivity (Wildman–Crippen MR) is 58.8 cm³/mol. The molecule has 0 aromatic heterocycles. The Kier molecular flexibility index (Phi) is 3.83. The summed E-state index contributed by atoms with van der Waals surface area (Å²) in [6, 6.07) is 4.18. The third-order valence-electron chi connectivity index (χ3n) is 3.32. The van der Waals surface area contributed by atoms with E-state index in [1.54, 1.807) is 6.07 Å². The monoisotopic (exact) mass is 212 g/mol. The van der Waals surface area contributed by atoms with Crippen LogP contribution in [0.3, 0.4) is 0 Å². The summed E-state index contributed by atoms with van der Waals surface area (Å²) in [5.41, 5.74) is 1.06. The van der Waals surface area contributed by atoms with E-state index in [0.717, 1.165) is 24.8 Å². The molecule has 0 saturated carbocycles. The number of hydrogen-bond acceptors (Lipinski definition) is 0. The summed E-state index contributed by atoms with van der Waals surface area (Å²) in [7, 11) is 0. The van der Waals surface area contributed by atoms with E-state index in [4.69, 9.17) is 0 Å². The average Bonchev–Trinajstić information content (AvgIpc) is 2.23. The largest absolute Gasteiger partial charge is 0.204 e. The standard InChI is InChI=1S/C13H18F2/c1-4-13(3,5-2)9-10-6-7-11(14)12(15)8-10/h6-8H,4-5,9H2,1-3H3. The fourth-order valence-corrected chi connectivity index (χ4v) is 1.64. The van der Waals surface area contributed by atoms with E-state index in [2.05, 4.69) is 20.8 Å². The molecule has 0 atom stereocenters. The third kappa shape index (κ3) is 3.01. The lowest BCUT2D eigenvalue weighted by molar-refractivity contribution is 0.295. The smallest absolute Gasteiger partial charge is 0.159 e. The highest BCUT2D eigenvalue weighted by Crippen LogP contribution is 2.30. The van der Waals surface area contributed by atoms with Crippen LogP contribution in [0.15, 0.2) is 18.2 Å². The van der Waals surface area contributed by atoms with Crippen molar-refractivity contribution in [3.8, 4) is 0 Å². The summed E-state index contributed by atoms with van der Waals surface area (Å²) in [6.45, 7) is 6.43. The zero-order valence-electron chi connectivity index (χ0n) is 9.61. The summed E-state index contributed by atoms with van der Waals surface area (Å²) >= 11 is 0. The van der Waals surface area contributed by atoms with Crippen LogP contribution in [0.2, 0.25) is 0 Å². The molecule has 0 aliphatic carbocycles. The molecule has 84 valence electrons. The Labute approximate surface area is 90.3 Å². The molecule has 0 bridgehead atoms. The summed E-state index contributed by atoms with van der Waals surface area (Å²) in [6.07, 6.45) is 2.89. The molecule has 2 heteroatoms. The fourth-order valence-electron chi connectivity index (χ4n) is 1.64. The van der Waals surface area contributed by atoms with Crippen molar-refractivity contribution in [2.75, 3.05) is 0 Å². The lowest BCUT2D eigenvalue weighted by atomic mass is 9.79. The Morgan fingerprint density at radius 1 is 1.07 bits per heavy atom. The van der Waals surface area contributed by atoms with Gasteiger partial charge >= 0.3 is 0 Å². The van der Waals surface area contributed by atoms with Gasteiger partial charge in [-0.2, -0.15) is 0 Å². The van der Waals surface area contributed by atoms with Gasteiger partial charge in [0.15, 0.2) is 11.6 Å². The quantitative estimate of drug-likeness (QED) is 0.696. The SMILES string of the molecule is CCC(C)(CC)Cc1ccc(F)c(F)c1. The molecule has 0 N–H and O–H groups in total. The highest BCUT2D eigenvalue weighted by Gasteiger charge is 2.20. The lowest BCUT2D eigenvalue weighted by Gasteiger charge is -2.26. The number of benzene rings is 1. The van der Waals surface area contributed by atoms with Gasteiger partial charge in [-0.3, -0.25) is 0 Å². The maximum Gasteiger partial charge on any atom is 0.159 e. The van der Waals surface area contributed by atoms with Crippen LogP contribution in [-0.4, -0.2) is 0 Å². The van der Waals surface area contributed by atoms with Gasteiger partial charge in [0.05, 0.1) is 0 Å². The molecule has 0 saturated heterocycles. The maximum atomic E-state index is 13.0. The van der Waals surface area contributed by atoms with Crippen molar-refractivity contribution in [2.24, 2.45) is 5.41 Å². The Balaban J connectivity index is 2.85. The zero-order chi connectivity index (χ0) is 11.5. The van der Waals surface area contributed by atoms with Crippen LogP contribution in [0.4, 0.5) is 8.78 Å². The summed E-state index contributed by atoms with van der Waals surface area (Å²) in [4.78, 5) is 0. The molecule has 1 rings (SSSR count). The van der Waals surface area contributed by atoms with E-state index in [9.17, 15) is 8.78 Å². The van der Waals surface area contributed by atoms with Gasteiger partial charge in [0, 0.05) is 0 Å². The van der Waals surface area contributed by atoms with Gasteiger partial charge in [-0.1, -0.05) is 39.7 Å². The Hall–Kier alpha value is -0.920. The van der Waals surface area contributed by atoms with E-state index in [1.165, 1.54) is 12.1 Å². The molecule has 0 nitrogen and oxygen atoms in total. The average molecular weight is 212 g/mol. The second-order valence-corrected chi connectivity index (χ2v) is 4.44. The molecular formula is C13H18F2. The van der Waals surface area contributed by atoms with E-state index in [1.807, 2.05) is 0 Å². The van der Waals surface area contributed by atoms with Crippen molar-refractivity contribution in [3.63, 3.8) is 0 Å². The molecule has 0 radical (unpaired) electrons. The number of rotatable bonds is 4. The zero-order valence-corrected chi connectivity index (χ0v) is 9.61. The van der Waals surface area contributed by atoms with Gasteiger partial charge in [0.2, 0.25) is 0 Å². The predicted octanol–water partition coefficient (Wildman–Crippen LogP) is 4.33. The molecule has 1 aromatic carbocycles. The van der Waals surface area contributed by atoms with Gasteiger partial charge < -0.3 is 0 Å². The first kappa shape index (κ1) is 12.2. The second kappa shape index (κ2) is 4.73. The number of halogens is 2. The molecule has 15 heavy (non-hydrogen) atoms. The third-order valence-corrected chi connectivity index (χ3v) is 3.32. The van der Waals surface area contributed by atoms with Crippen LogP contribution in [0, 0.1) is 17.0 Å². The van der Waals surface area contributed by atoms with E-state index >= 15 is 0 Å². The molecule has 1 aromatic rings. The highest BCUT2D eigenvalue weighted by molar-refractivity contribution is 5.19. The number of hydrogen-bond donors (Lipinski definition) is 0. The highest BCUT2D eigenvalue weighted by atomic mass is 19.2. The van der Waals surface area contributed by atoms with Crippen molar-refractivity contribution in [3.05, 3.63) is 35.4 Å². The van der Waals surface area contributed by atoms with Gasteiger partial charge in [-0.15, -0.1) is 0 Å². The first-order valence-corrected chi connectivity index (χ1v) is 5.44. The van der Waals surface area contributed by atoms with Gasteiger partial charge in [0.1, 0.15) is 0 Å². The molecule has 0 aliphatic heterocycles. The summed E-state index contributed by atoms with van der Waals surface area (Å²) < 4.78 is 25.7. The van der Waals surface area contributed by atoms with Crippen LogP contribution < -0.4 is 0 Å². The first-order valence-electron chi connectivity index (χ1n) is 5.44. The summed E-state index contributed by atoms with van der Waals surface area (Å²) in [5, 5.41) is 0. The minimum Gasteiger partial charge on any atom is -0.204 e.